The summed E-state index contributed by atoms with van der Waals surface area (Å²) in [5, 5.41) is 25.4. The van der Waals surface area contributed by atoms with Crippen molar-refractivity contribution in [1.82, 2.24) is 0 Å². The third-order valence-electron chi connectivity index (χ3n) is 5.44. The van der Waals surface area contributed by atoms with Crippen LogP contribution in [0.15, 0.2) is 36.4 Å². The first-order chi connectivity index (χ1) is 11.1. The fourth-order valence-corrected chi connectivity index (χ4v) is 4.22. The van der Waals surface area contributed by atoms with Gasteiger partial charge in [0.1, 0.15) is 24.4 Å². The predicted octanol–water partition coefficient (Wildman–Crippen LogP) is 3.46. The van der Waals surface area contributed by atoms with Crippen LogP contribution >= 0.6 is 0 Å². The molecule has 3 nitrogen and oxygen atoms in total. The predicted molar refractivity (Wildman–Crippen MR) is 89.5 cm³/mol. The molecule has 1 heterocycles. The molecular formula is C20H18O3. The highest BCUT2D eigenvalue weighted by Gasteiger charge is 2.54. The van der Waals surface area contributed by atoms with Crippen LogP contribution in [0.3, 0.4) is 0 Å². The van der Waals surface area contributed by atoms with Crippen molar-refractivity contribution in [3.05, 3.63) is 58.7 Å². The summed E-state index contributed by atoms with van der Waals surface area (Å²) in [5.41, 5.74) is 4.32. The van der Waals surface area contributed by atoms with Crippen LogP contribution in [0.2, 0.25) is 0 Å². The van der Waals surface area contributed by atoms with Crippen LogP contribution < -0.4 is 0 Å². The van der Waals surface area contributed by atoms with Crippen LogP contribution in [0.5, 0.6) is 0 Å². The van der Waals surface area contributed by atoms with E-state index in [1.165, 1.54) is 32.7 Å². The second-order valence-electron chi connectivity index (χ2n) is 6.81. The Balaban J connectivity index is 1.94. The molecule has 2 N–H and O–H groups in total. The molecule has 3 aromatic carbocycles. The summed E-state index contributed by atoms with van der Waals surface area (Å²) in [4.78, 5) is 0. The van der Waals surface area contributed by atoms with Gasteiger partial charge in [-0.15, -0.1) is 0 Å². The van der Waals surface area contributed by atoms with Gasteiger partial charge in [-0.2, -0.15) is 0 Å². The molecule has 1 aliphatic carbocycles. The Morgan fingerprint density at radius 1 is 0.913 bits per heavy atom. The fourth-order valence-electron chi connectivity index (χ4n) is 4.22. The van der Waals surface area contributed by atoms with Gasteiger partial charge in [0.05, 0.1) is 0 Å². The first-order valence-electron chi connectivity index (χ1n) is 8.05. The maximum Gasteiger partial charge on any atom is 0.118 e. The number of ether oxygens (including phenoxy) is 1. The first-order valence-corrected chi connectivity index (χ1v) is 8.05. The maximum absolute atomic E-state index is 10.4. The minimum absolute atomic E-state index is 0.0898. The number of hydrogen-bond donors (Lipinski definition) is 2. The zero-order valence-electron chi connectivity index (χ0n) is 13.1. The highest BCUT2D eigenvalue weighted by Crippen LogP contribution is 2.53. The Labute approximate surface area is 134 Å². The minimum atomic E-state index is -0.870. The van der Waals surface area contributed by atoms with Gasteiger partial charge in [0.2, 0.25) is 0 Å². The number of fused-ring (bicyclic) bond motifs is 7. The van der Waals surface area contributed by atoms with E-state index in [9.17, 15) is 10.2 Å². The summed E-state index contributed by atoms with van der Waals surface area (Å²) in [6.45, 7) is 4.25. The van der Waals surface area contributed by atoms with Gasteiger partial charge in [-0.05, 0) is 57.6 Å². The topological polar surface area (TPSA) is 53.0 Å². The highest BCUT2D eigenvalue weighted by molar-refractivity contribution is 6.11. The third kappa shape index (κ3) is 1.65. The molecule has 3 heteroatoms. The van der Waals surface area contributed by atoms with Crippen LogP contribution in [0.25, 0.3) is 21.5 Å². The van der Waals surface area contributed by atoms with E-state index in [1.54, 1.807) is 0 Å². The third-order valence-corrected chi connectivity index (χ3v) is 5.44. The molecule has 1 saturated heterocycles. The molecule has 0 saturated carbocycles. The fraction of sp³-hybridized carbons (Fsp3) is 0.300. The van der Waals surface area contributed by atoms with Gasteiger partial charge in [0.15, 0.2) is 0 Å². The van der Waals surface area contributed by atoms with Crippen molar-refractivity contribution in [2.45, 2.75) is 38.3 Å². The normalized spacial score (nSPS) is 28.7. The number of aliphatic hydroxyl groups is 2. The van der Waals surface area contributed by atoms with Gasteiger partial charge < -0.3 is 14.9 Å². The molecule has 4 unspecified atom stereocenters. The number of aryl methyl sites for hydroxylation is 2. The highest BCUT2D eigenvalue weighted by atomic mass is 16.6. The van der Waals surface area contributed by atoms with Gasteiger partial charge in [0.25, 0.3) is 0 Å². The molecule has 4 atom stereocenters. The van der Waals surface area contributed by atoms with E-state index in [1.807, 2.05) is 6.07 Å². The lowest BCUT2D eigenvalue weighted by atomic mass is 9.82. The molecule has 0 amide bonds. The number of benzene rings is 3. The van der Waals surface area contributed by atoms with Crippen LogP contribution in [-0.4, -0.2) is 22.4 Å². The Morgan fingerprint density at radius 2 is 1.74 bits per heavy atom. The Bertz CT molecular complexity index is 976. The van der Waals surface area contributed by atoms with Crippen molar-refractivity contribution in [3.8, 4) is 0 Å². The van der Waals surface area contributed by atoms with Crippen LogP contribution in [-0.2, 0) is 4.74 Å². The van der Waals surface area contributed by atoms with E-state index in [0.717, 1.165) is 11.1 Å². The number of hydrogen-bond acceptors (Lipinski definition) is 3. The Morgan fingerprint density at radius 3 is 2.57 bits per heavy atom. The second kappa shape index (κ2) is 4.32. The lowest BCUT2D eigenvalue weighted by molar-refractivity contribution is 0.000104. The first kappa shape index (κ1) is 13.5. The lowest BCUT2D eigenvalue weighted by Gasteiger charge is -2.25. The molecule has 1 aliphatic heterocycles. The largest absolute Gasteiger partial charge is 0.387 e. The summed E-state index contributed by atoms with van der Waals surface area (Å²) in [6.07, 6.45) is -2.05. The zero-order chi connectivity index (χ0) is 15.9. The van der Waals surface area contributed by atoms with E-state index in [4.69, 9.17) is 4.74 Å². The van der Waals surface area contributed by atoms with Crippen molar-refractivity contribution >= 4 is 21.5 Å². The maximum atomic E-state index is 10.4. The Hall–Kier alpha value is -1.94. The summed E-state index contributed by atoms with van der Waals surface area (Å²) in [5.74, 6) is 0. The van der Waals surface area contributed by atoms with Gasteiger partial charge in [0, 0.05) is 0 Å². The van der Waals surface area contributed by atoms with E-state index < -0.39 is 12.2 Å². The molecule has 0 spiro atoms. The average Bonchev–Trinajstić information content (AvgIpc) is 3.34. The zero-order valence-corrected chi connectivity index (χ0v) is 13.1. The van der Waals surface area contributed by atoms with Crippen molar-refractivity contribution in [2.24, 2.45) is 0 Å². The standard InChI is InChI=1S/C20H18O3/c1-9-4-3-5-11-12-6-7-13-16(15(12)10(2)8-14(9)11)19-20(23-19)18(22)17(13)21/h3-8,17-22H,1-2H3. The second-order valence-corrected chi connectivity index (χ2v) is 6.81. The number of aliphatic hydroxyl groups excluding tert-OH is 2. The number of epoxide rings is 1. The molecule has 23 heavy (non-hydrogen) atoms. The molecule has 3 aromatic rings. The number of rotatable bonds is 0. The summed E-state index contributed by atoms with van der Waals surface area (Å²) in [7, 11) is 0. The summed E-state index contributed by atoms with van der Waals surface area (Å²) >= 11 is 0. The SMILES string of the molecule is Cc1cccc2c1cc(C)c1c3c(ccc12)C(O)C(O)C1OC31. The molecule has 1 fully saturated rings. The van der Waals surface area contributed by atoms with Crippen LogP contribution in [0, 0.1) is 13.8 Å². The van der Waals surface area contributed by atoms with E-state index in [-0.39, 0.29) is 12.2 Å². The van der Waals surface area contributed by atoms with Crippen molar-refractivity contribution in [3.63, 3.8) is 0 Å². The lowest BCUT2D eigenvalue weighted by Crippen LogP contribution is -2.29. The molecular weight excluding hydrogens is 288 g/mol. The Kier molecular flexibility index (Phi) is 2.54. The quantitative estimate of drug-likeness (QED) is 0.494. The summed E-state index contributed by atoms with van der Waals surface area (Å²) < 4.78 is 5.68. The summed E-state index contributed by atoms with van der Waals surface area (Å²) in [6, 6.07) is 12.6. The van der Waals surface area contributed by atoms with Gasteiger partial charge >= 0.3 is 0 Å². The minimum Gasteiger partial charge on any atom is -0.387 e. The van der Waals surface area contributed by atoms with Gasteiger partial charge in [-0.1, -0.05) is 36.4 Å². The van der Waals surface area contributed by atoms with Gasteiger partial charge in [-0.3, -0.25) is 0 Å². The molecule has 116 valence electrons. The van der Waals surface area contributed by atoms with E-state index >= 15 is 0 Å². The smallest absolute Gasteiger partial charge is 0.118 e. The van der Waals surface area contributed by atoms with Crippen molar-refractivity contribution < 1.29 is 14.9 Å². The molecule has 0 bridgehead atoms. The van der Waals surface area contributed by atoms with Gasteiger partial charge in [-0.25, -0.2) is 0 Å². The van der Waals surface area contributed by atoms with Crippen molar-refractivity contribution in [2.75, 3.05) is 0 Å². The van der Waals surface area contributed by atoms with Crippen LogP contribution in [0.1, 0.15) is 34.5 Å². The van der Waals surface area contributed by atoms with E-state index in [0.29, 0.717) is 0 Å². The molecule has 5 rings (SSSR count). The monoisotopic (exact) mass is 306 g/mol. The average molecular weight is 306 g/mol. The van der Waals surface area contributed by atoms with E-state index in [2.05, 4.69) is 44.2 Å². The molecule has 2 aliphatic rings. The van der Waals surface area contributed by atoms with Crippen LogP contribution in [0.4, 0.5) is 0 Å². The molecule has 0 radical (unpaired) electrons. The van der Waals surface area contributed by atoms with Crippen molar-refractivity contribution in [1.29, 1.82) is 0 Å². The molecule has 0 aromatic heterocycles.